The zero-order valence-electron chi connectivity index (χ0n) is 12.1. The maximum Gasteiger partial charge on any atom is 0.306 e. The minimum Gasteiger partial charge on any atom is -0.481 e. The predicted octanol–water partition coefficient (Wildman–Crippen LogP) is 3.49. The van der Waals surface area contributed by atoms with E-state index in [2.05, 4.69) is 21.2 Å². The molecule has 1 amide bonds. The van der Waals surface area contributed by atoms with Gasteiger partial charge in [-0.25, -0.2) is 0 Å². The normalized spacial score (nSPS) is 21.2. The van der Waals surface area contributed by atoms with Crippen molar-refractivity contribution in [3.63, 3.8) is 0 Å². The van der Waals surface area contributed by atoms with Gasteiger partial charge in [0.2, 0.25) is 0 Å². The number of aliphatic carboxylic acids is 1. The molecule has 1 aromatic heterocycles. The molecule has 0 spiro atoms. The number of furan rings is 1. The molecule has 2 atom stereocenters. The molecule has 0 unspecified atom stereocenters. The molecular weight excluding hydrogens is 350 g/mol. The van der Waals surface area contributed by atoms with Crippen molar-refractivity contribution in [3.8, 4) is 0 Å². The van der Waals surface area contributed by atoms with Gasteiger partial charge in [0.1, 0.15) is 5.58 Å². The van der Waals surface area contributed by atoms with E-state index in [1.807, 2.05) is 19.1 Å². The summed E-state index contributed by atoms with van der Waals surface area (Å²) < 4.78 is 6.59. The molecule has 22 heavy (non-hydrogen) atoms. The summed E-state index contributed by atoms with van der Waals surface area (Å²) in [4.78, 5) is 23.2. The van der Waals surface area contributed by atoms with Crippen molar-refractivity contribution in [2.24, 2.45) is 5.92 Å². The highest BCUT2D eigenvalue weighted by Crippen LogP contribution is 2.28. The van der Waals surface area contributed by atoms with Crippen LogP contribution in [0, 0.1) is 12.8 Å². The number of hydrogen-bond acceptors (Lipinski definition) is 3. The molecule has 116 valence electrons. The van der Waals surface area contributed by atoms with Crippen LogP contribution in [-0.2, 0) is 4.79 Å². The van der Waals surface area contributed by atoms with Crippen molar-refractivity contribution in [3.05, 3.63) is 34.0 Å². The number of aryl methyl sites for hydroxylation is 1. The van der Waals surface area contributed by atoms with Gasteiger partial charge in [0, 0.05) is 15.9 Å². The fourth-order valence-corrected chi connectivity index (χ4v) is 3.58. The van der Waals surface area contributed by atoms with E-state index < -0.39 is 5.97 Å². The molecule has 5 nitrogen and oxygen atoms in total. The number of fused-ring (bicyclic) bond motifs is 1. The first-order chi connectivity index (χ1) is 10.4. The second-order valence-electron chi connectivity index (χ2n) is 5.77. The number of carbonyl (C=O) groups is 2. The number of nitrogens with one attached hydrogen (secondary N) is 1. The van der Waals surface area contributed by atoms with Crippen LogP contribution in [0.1, 0.15) is 35.4 Å². The molecule has 0 radical (unpaired) electrons. The van der Waals surface area contributed by atoms with Gasteiger partial charge in [0.05, 0.1) is 5.92 Å². The molecule has 1 aliphatic carbocycles. The average molecular weight is 366 g/mol. The number of amides is 1. The van der Waals surface area contributed by atoms with E-state index in [1.54, 1.807) is 6.07 Å². The van der Waals surface area contributed by atoms with Crippen molar-refractivity contribution in [2.45, 2.75) is 32.2 Å². The first kappa shape index (κ1) is 15.1. The molecule has 1 aliphatic rings. The van der Waals surface area contributed by atoms with Crippen LogP contribution in [0.2, 0.25) is 0 Å². The highest BCUT2D eigenvalue weighted by atomic mass is 79.9. The van der Waals surface area contributed by atoms with Crippen LogP contribution in [0.5, 0.6) is 0 Å². The lowest BCUT2D eigenvalue weighted by atomic mass is 10.1. The Balaban J connectivity index is 1.76. The van der Waals surface area contributed by atoms with Crippen molar-refractivity contribution in [1.29, 1.82) is 0 Å². The highest BCUT2D eigenvalue weighted by molar-refractivity contribution is 9.10. The van der Waals surface area contributed by atoms with Crippen molar-refractivity contribution in [2.75, 3.05) is 0 Å². The molecular formula is C16H16BrNO4. The Morgan fingerprint density at radius 3 is 2.77 bits per heavy atom. The third-order valence-electron chi connectivity index (χ3n) is 4.11. The Kier molecular flexibility index (Phi) is 3.95. The number of rotatable bonds is 3. The third-order valence-corrected chi connectivity index (χ3v) is 4.57. The highest BCUT2D eigenvalue weighted by Gasteiger charge is 2.31. The first-order valence-electron chi connectivity index (χ1n) is 7.17. The van der Waals surface area contributed by atoms with Crippen LogP contribution in [0.3, 0.4) is 0 Å². The maximum absolute atomic E-state index is 12.3. The van der Waals surface area contributed by atoms with Crippen LogP contribution >= 0.6 is 15.9 Å². The van der Waals surface area contributed by atoms with E-state index >= 15 is 0 Å². The largest absolute Gasteiger partial charge is 0.481 e. The number of carboxylic acids is 1. The SMILES string of the molecule is Cc1cc(Br)cc2cc(C(=O)N[C@@H]3CC[C@H](C(=O)O)C3)oc12. The van der Waals surface area contributed by atoms with Gasteiger partial charge >= 0.3 is 5.97 Å². The Morgan fingerprint density at radius 2 is 2.09 bits per heavy atom. The van der Waals surface area contributed by atoms with E-state index in [-0.39, 0.29) is 23.6 Å². The summed E-state index contributed by atoms with van der Waals surface area (Å²) in [6.07, 6.45) is 1.77. The standard InChI is InChI=1S/C16H16BrNO4/c1-8-4-11(17)5-10-7-13(22-14(8)10)15(19)18-12-3-2-9(6-12)16(20)21/h4-5,7,9,12H,2-3,6H2,1H3,(H,18,19)(H,20,21)/t9-,12+/m0/s1. The number of halogens is 1. The summed E-state index contributed by atoms with van der Waals surface area (Å²) in [6, 6.07) is 5.45. The predicted molar refractivity (Wildman–Crippen MR) is 84.9 cm³/mol. The summed E-state index contributed by atoms with van der Waals surface area (Å²) in [5.41, 5.74) is 1.65. The summed E-state index contributed by atoms with van der Waals surface area (Å²) in [7, 11) is 0. The summed E-state index contributed by atoms with van der Waals surface area (Å²) in [5.74, 6) is -1.18. The molecule has 1 aromatic carbocycles. The van der Waals surface area contributed by atoms with E-state index in [0.717, 1.165) is 15.4 Å². The van der Waals surface area contributed by atoms with Gasteiger partial charge in [0.15, 0.2) is 5.76 Å². The number of hydrogen-bond donors (Lipinski definition) is 2. The summed E-state index contributed by atoms with van der Waals surface area (Å²) >= 11 is 3.42. The van der Waals surface area contributed by atoms with Gasteiger partial charge in [-0.15, -0.1) is 0 Å². The van der Waals surface area contributed by atoms with E-state index in [0.29, 0.717) is 24.8 Å². The van der Waals surface area contributed by atoms with Crippen molar-refractivity contribution < 1.29 is 19.1 Å². The Hall–Kier alpha value is -1.82. The van der Waals surface area contributed by atoms with Gasteiger partial charge in [-0.1, -0.05) is 15.9 Å². The molecule has 3 rings (SSSR count). The lowest BCUT2D eigenvalue weighted by Crippen LogP contribution is -2.33. The Morgan fingerprint density at radius 1 is 1.32 bits per heavy atom. The fraction of sp³-hybridized carbons (Fsp3) is 0.375. The Bertz CT molecular complexity index is 752. The molecule has 1 heterocycles. The molecule has 0 bridgehead atoms. The Labute approximate surface area is 135 Å². The molecule has 1 saturated carbocycles. The maximum atomic E-state index is 12.3. The third kappa shape index (κ3) is 2.88. The topological polar surface area (TPSA) is 79.5 Å². The van der Waals surface area contributed by atoms with Gasteiger partial charge in [-0.3, -0.25) is 9.59 Å². The fourth-order valence-electron chi connectivity index (χ4n) is 2.99. The molecule has 6 heteroatoms. The van der Waals surface area contributed by atoms with Crippen molar-refractivity contribution >= 4 is 38.8 Å². The monoisotopic (exact) mass is 365 g/mol. The van der Waals surface area contributed by atoms with Crippen LogP contribution in [0.15, 0.2) is 27.1 Å². The van der Waals surface area contributed by atoms with Crippen LogP contribution < -0.4 is 5.32 Å². The van der Waals surface area contributed by atoms with E-state index in [9.17, 15) is 9.59 Å². The molecule has 0 aliphatic heterocycles. The molecule has 1 fully saturated rings. The van der Waals surface area contributed by atoms with E-state index in [4.69, 9.17) is 9.52 Å². The number of carboxylic acid groups (broad SMARTS) is 1. The lowest BCUT2D eigenvalue weighted by molar-refractivity contribution is -0.141. The smallest absolute Gasteiger partial charge is 0.306 e. The quantitative estimate of drug-likeness (QED) is 0.872. The van der Waals surface area contributed by atoms with Crippen LogP contribution in [-0.4, -0.2) is 23.0 Å². The average Bonchev–Trinajstić information content (AvgIpc) is 3.05. The zero-order chi connectivity index (χ0) is 15.9. The number of benzene rings is 1. The van der Waals surface area contributed by atoms with Gasteiger partial charge < -0.3 is 14.8 Å². The summed E-state index contributed by atoms with van der Waals surface area (Å²) in [5, 5.41) is 12.7. The second-order valence-corrected chi connectivity index (χ2v) is 6.69. The zero-order valence-corrected chi connectivity index (χ0v) is 13.6. The summed E-state index contributed by atoms with van der Waals surface area (Å²) in [6.45, 7) is 1.92. The second kappa shape index (κ2) is 5.76. The minimum absolute atomic E-state index is 0.102. The van der Waals surface area contributed by atoms with E-state index in [1.165, 1.54) is 0 Å². The van der Waals surface area contributed by atoms with Crippen molar-refractivity contribution in [1.82, 2.24) is 5.32 Å². The van der Waals surface area contributed by atoms with Crippen LogP contribution in [0.4, 0.5) is 0 Å². The van der Waals surface area contributed by atoms with Gasteiger partial charge in [-0.2, -0.15) is 0 Å². The minimum atomic E-state index is -0.791. The van der Waals surface area contributed by atoms with Crippen LogP contribution in [0.25, 0.3) is 11.0 Å². The molecule has 2 aromatic rings. The first-order valence-corrected chi connectivity index (χ1v) is 7.96. The van der Waals surface area contributed by atoms with Gasteiger partial charge in [0.25, 0.3) is 5.91 Å². The van der Waals surface area contributed by atoms with Gasteiger partial charge in [-0.05, 0) is 49.9 Å². The number of carbonyl (C=O) groups excluding carboxylic acids is 1. The molecule has 2 N–H and O–H groups in total. The molecule has 0 saturated heterocycles. The lowest BCUT2D eigenvalue weighted by Gasteiger charge is -2.10.